The van der Waals surface area contributed by atoms with Gasteiger partial charge in [0.2, 0.25) is 0 Å². The van der Waals surface area contributed by atoms with Crippen molar-refractivity contribution in [3.8, 4) is 0 Å². The molecule has 0 radical (unpaired) electrons. The highest BCUT2D eigenvalue weighted by atomic mass is 35.5. The first-order chi connectivity index (χ1) is 4.45. The summed E-state index contributed by atoms with van der Waals surface area (Å²) >= 11 is 5.39. The van der Waals surface area contributed by atoms with Crippen LogP contribution in [0.25, 0.3) is 0 Å². The normalized spacial score (nSPS) is 13.9. The van der Waals surface area contributed by atoms with Crippen LogP contribution in [0.15, 0.2) is 0 Å². The molecular formula is C7H17Cl2NO. The Labute approximate surface area is 79.7 Å². The van der Waals surface area contributed by atoms with Crippen molar-refractivity contribution in [2.24, 2.45) is 0 Å². The van der Waals surface area contributed by atoms with E-state index in [9.17, 15) is 0 Å². The molecule has 0 spiro atoms. The van der Waals surface area contributed by atoms with E-state index < -0.39 is 6.10 Å². The molecule has 0 aromatic rings. The van der Waals surface area contributed by atoms with E-state index in [1.807, 2.05) is 20.8 Å². The van der Waals surface area contributed by atoms with Crippen LogP contribution in [0.1, 0.15) is 20.8 Å². The Balaban J connectivity index is 0. The minimum absolute atomic E-state index is 0. The smallest absolute Gasteiger partial charge is 0.0799 e. The number of aliphatic hydroxyl groups is 1. The van der Waals surface area contributed by atoms with Crippen molar-refractivity contribution in [1.29, 1.82) is 0 Å². The van der Waals surface area contributed by atoms with Gasteiger partial charge in [0.15, 0.2) is 0 Å². The third-order valence-electron chi connectivity index (χ3n) is 1.05. The molecule has 0 aliphatic carbocycles. The number of hydrogen-bond acceptors (Lipinski definition) is 2. The Kier molecular flexibility index (Phi) is 7.75. The second kappa shape index (κ2) is 6.06. The Bertz CT molecular complexity index is 92.9. The van der Waals surface area contributed by atoms with Gasteiger partial charge in [0, 0.05) is 18.0 Å². The second-order valence-electron chi connectivity index (χ2n) is 3.44. The molecule has 0 aliphatic rings. The average molecular weight is 202 g/mol. The summed E-state index contributed by atoms with van der Waals surface area (Å²) in [6.45, 7) is 6.71. The van der Waals surface area contributed by atoms with Crippen molar-refractivity contribution in [1.82, 2.24) is 5.32 Å². The number of rotatable bonds is 3. The lowest BCUT2D eigenvalue weighted by molar-refractivity contribution is 0.182. The van der Waals surface area contributed by atoms with E-state index in [1.165, 1.54) is 0 Å². The van der Waals surface area contributed by atoms with Gasteiger partial charge in [0.05, 0.1) is 6.10 Å². The fourth-order valence-electron chi connectivity index (χ4n) is 0.479. The van der Waals surface area contributed by atoms with Crippen LogP contribution in [0.4, 0.5) is 0 Å². The zero-order valence-electron chi connectivity index (χ0n) is 7.22. The van der Waals surface area contributed by atoms with Crippen LogP contribution < -0.4 is 5.32 Å². The Morgan fingerprint density at radius 2 is 1.91 bits per heavy atom. The SMILES string of the molecule is CC(C)(C)NCC(O)CCl.Cl. The van der Waals surface area contributed by atoms with E-state index in [0.717, 1.165) is 0 Å². The molecule has 1 unspecified atom stereocenters. The summed E-state index contributed by atoms with van der Waals surface area (Å²) in [5, 5.41) is 12.2. The lowest BCUT2D eigenvalue weighted by Gasteiger charge is -2.21. The van der Waals surface area contributed by atoms with Crippen molar-refractivity contribution in [3.05, 3.63) is 0 Å². The van der Waals surface area contributed by atoms with Crippen molar-refractivity contribution in [3.63, 3.8) is 0 Å². The molecule has 0 heterocycles. The van der Waals surface area contributed by atoms with Crippen molar-refractivity contribution >= 4 is 24.0 Å². The van der Waals surface area contributed by atoms with Gasteiger partial charge in [-0.3, -0.25) is 0 Å². The highest BCUT2D eigenvalue weighted by Gasteiger charge is 2.10. The summed E-state index contributed by atoms with van der Waals surface area (Å²) in [7, 11) is 0. The number of alkyl halides is 1. The standard InChI is InChI=1S/C7H16ClNO.ClH/c1-7(2,3)9-5-6(10)4-8;/h6,9-10H,4-5H2,1-3H3;1H. The van der Waals surface area contributed by atoms with Crippen LogP contribution in [-0.2, 0) is 0 Å². The van der Waals surface area contributed by atoms with Crippen LogP contribution in [-0.4, -0.2) is 29.2 Å². The van der Waals surface area contributed by atoms with E-state index in [4.69, 9.17) is 16.7 Å². The Hall–Kier alpha value is 0.500. The van der Waals surface area contributed by atoms with E-state index in [1.54, 1.807) is 0 Å². The second-order valence-corrected chi connectivity index (χ2v) is 3.75. The molecule has 0 amide bonds. The Morgan fingerprint density at radius 3 is 2.18 bits per heavy atom. The zero-order chi connectivity index (χ0) is 8.20. The molecule has 0 fully saturated rings. The van der Waals surface area contributed by atoms with E-state index in [-0.39, 0.29) is 17.9 Å². The van der Waals surface area contributed by atoms with Gasteiger partial charge in [-0.15, -0.1) is 24.0 Å². The highest BCUT2D eigenvalue weighted by Crippen LogP contribution is 1.98. The third-order valence-corrected chi connectivity index (χ3v) is 1.40. The largest absolute Gasteiger partial charge is 0.391 e. The summed E-state index contributed by atoms with van der Waals surface area (Å²) < 4.78 is 0. The van der Waals surface area contributed by atoms with Crippen molar-refractivity contribution < 1.29 is 5.11 Å². The maximum atomic E-state index is 9.03. The average Bonchev–Trinajstić information content (AvgIpc) is 1.81. The van der Waals surface area contributed by atoms with E-state index >= 15 is 0 Å². The molecule has 2 N–H and O–H groups in total. The summed E-state index contributed by atoms with van der Waals surface area (Å²) in [6.07, 6.45) is -0.430. The first kappa shape index (κ1) is 14.0. The number of hydrogen-bond donors (Lipinski definition) is 2. The lowest BCUT2D eigenvalue weighted by atomic mass is 10.1. The van der Waals surface area contributed by atoms with Crippen molar-refractivity contribution in [2.75, 3.05) is 12.4 Å². The molecule has 0 aliphatic heterocycles. The minimum Gasteiger partial charge on any atom is -0.391 e. The molecule has 0 bridgehead atoms. The van der Waals surface area contributed by atoms with Crippen LogP contribution in [0.3, 0.4) is 0 Å². The quantitative estimate of drug-likeness (QED) is 0.678. The van der Waals surface area contributed by atoms with E-state index in [2.05, 4.69) is 5.32 Å². The first-order valence-corrected chi connectivity index (χ1v) is 3.98. The van der Waals surface area contributed by atoms with Gasteiger partial charge in [0.25, 0.3) is 0 Å². The molecule has 0 saturated carbocycles. The molecular weight excluding hydrogens is 185 g/mol. The molecule has 2 nitrogen and oxygen atoms in total. The predicted molar refractivity (Wildman–Crippen MR) is 51.7 cm³/mol. The molecule has 4 heteroatoms. The molecule has 0 aromatic heterocycles. The van der Waals surface area contributed by atoms with E-state index in [0.29, 0.717) is 12.4 Å². The predicted octanol–water partition coefficient (Wildman–Crippen LogP) is 1.40. The Morgan fingerprint density at radius 1 is 1.45 bits per heavy atom. The van der Waals surface area contributed by atoms with Gasteiger partial charge in [-0.25, -0.2) is 0 Å². The fraction of sp³-hybridized carbons (Fsp3) is 1.00. The molecule has 1 atom stereocenters. The van der Waals surface area contributed by atoms with Gasteiger partial charge < -0.3 is 10.4 Å². The van der Waals surface area contributed by atoms with Crippen LogP contribution in [0, 0.1) is 0 Å². The molecule has 11 heavy (non-hydrogen) atoms. The molecule has 0 saturated heterocycles. The van der Waals surface area contributed by atoms with Crippen LogP contribution >= 0.6 is 24.0 Å². The van der Waals surface area contributed by atoms with Gasteiger partial charge in [-0.05, 0) is 20.8 Å². The first-order valence-electron chi connectivity index (χ1n) is 3.45. The van der Waals surface area contributed by atoms with Gasteiger partial charge >= 0.3 is 0 Å². The highest BCUT2D eigenvalue weighted by molar-refractivity contribution is 6.18. The lowest BCUT2D eigenvalue weighted by Crippen LogP contribution is -2.41. The van der Waals surface area contributed by atoms with Gasteiger partial charge in [-0.1, -0.05) is 0 Å². The number of aliphatic hydroxyl groups excluding tert-OH is 1. The monoisotopic (exact) mass is 201 g/mol. The number of halogens is 2. The number of β-amino-alcohol motifs (C(OH)–C–C–N with tert-alkyl or cyclic N) is 1. The van der Waals surface area contributed by atoms with Crippen LogP contribution in [0.5, 0.6) is 0 Å². The summed E-state index contributed by atoms with van der Waals surface area (Å²) in [5.41, 5.74) is 0.0625. The topological polar surface area (TPSA) is 32.3 Å². The molecule has 0 rings (SSSR count). The fourth-order valence-corrected chi connectivity index (χ4v) is 0.588. The zero-order valence-corrected chi connectivity index (χ0v) is 8.80. The summed E-state index contributed by atoms with van der Waals surface area (Å²) in [5.74, 6) is 0.295. The molecule has 70 valence electrons. The maximum absolute atomic E-state index is 9.03. The van der Waals surface area contributed by atoms with Gasteiger partial charge in [0.1, 0.15) is 0 Å². The summed E-state index contributed by atoms with van der Waals surface area (Å²) in [4.78, 5) is 0. The van der Waals surface area contributed by atoms with Gasteiger partial charge in [-0.2, -0.15) is 0 Å². The third kappa shape index (κ3) is 10.5. The maximum Gasteiger partial charge on any atom is 0.0799 e. The summed E-state index contributed by atoms with van der Waals surface area (Å²) in [6, 6.07) is 0. The van der Waals surface area contributed by atoms with Crippen LogP contribution in [0.2, 0.25) is 0 Å². The van der Waals surface area contributed by atoms with Crippen molar-refractivity contribution in [2.45, 2.75) is 32.4 Å². The molecule has 0 aromatic carbocycles. The number of nitrogens with one attached hydrogen (secondary N) is 1. The minimum atomic E-state index is -0.430.